The predicted molar refractivity (Wildman–Crippen MR) is 46.9 cm³/mol. The van der Waals surface area contributed by atoms with Crippen LogP contribution in [0, 0.1) is 0 Å². The molecule has 1 fully saturated rings. The van der Waals surface area contributed by atoms with Gasteiger partial charge in [0, 0.05) is 0 Å². The summed E-state index contributed by atoms with van der Waals surface area (Å²) in [7, 11) is -1.36. The number of hydrogen-bond donors (Lipinski definition) is 0. The fourth-order valence-electron chi connectivity index (χ4n) is 1.51. The molecule has 1 heterocycles. The van der Waals surface area contributed by atoms with E-state index in [1.165, 1.54) is 12.5 Å². The second-order valence-electron chi connectivity index (χ2n) is 3.82. The summed E-state index contributed by atoms with van der Waals surface area (Å²) in [4.78, 5) is 0. The number of hydrogen-bond acceptors (Lipinski definition) is 1. The van der Waals surface area contributed by atoms with Crippen LogP contribution < -0.4 is 0 Å². The van der Waals surface area contributed by atoms with Gasteiger partial charge in [0.1, 0.15) is 5.06 Å². The van der Waals surface area contributed by atoms with E-state index in [0.29, 0.717) is 0 Å². The summed E-state index contributed by atoms with van der Waals surface area (Å²) in [5.74, 6) is 0. The first kappa shape index (κ1) is 8.56. The van der Waals surface area contributed by atoms with E-state index in [9.17, 15) is 0 Å². The van der Waals surface area contributed by atoms with Gasteiger partial charge in [-0.05, 0) is 38.9 Å². The maximum atomic E-state index is 6.07. The molecular formula is C7H15ClOSi. The molecule has 10 heavy (non-hydrogen) atoms. The summed E-state index contributed by atoms with van der Waals surface area (Å²) in [6.45, 7) is 6.43. The average molecular weight is 179 g/mol. The largest absolute Gasteiger partial charge is 0.399 e. The zero-order chi connectivity index (χ0) is 7.83. The molecule has 0 aromatic carbocycles. The molecule has 1 aliphatic rings. The Morgan fingerprint density at radius 3 is 2.40 bits per heavy atom. The highest BCUT2D eigenvalue weighted by Crippen LogP contribution is 2.35. The summed E-state index contributed by atoms with van der Waals surface area (Å²) in [5.41, 5.74) is 0. The second kappa shape index (κ2) is 2.50. The molecule has 1 unspecified atom stereocenters. The van der Waals surface area contributed by atoms with Crippen molar-refractivity contribution in [2.75, 3.05) is 0 Å². The fourth-order valence-corrected chi connectivity index (χ4v) is 4.65. The van der Waals surface area contributed by atoms with E-state index < -0.39 is 8.32 Å². The lowest BCUT2D eigenvalue weighted by Crippen LogP contribution is -2.43. The van der Waals surface area contributed by atoms with Crippen molar-refractivity contribution in [3.05, 3.63) is 0 Å². The minimum Gasteiger partial charge on any atom is -0.399 e. The molecule has 0 bridgehead atoms. The maximum Gasteiger partial charge on any atom is 0.189 e. The first-order valence-corrected chi connectivity index (χ1v) is 7.30. The molecule has 1 nitrogen and oxygen atoms in total. The lowest BCUT2D eigenvalue weighted by atomic mass is 10.2. The minimum absolute atomic E-state index is 0.353. The Labute approximate surface area is 68.8 Å². The number of rotatable bonds is 0. The Balaban J connectivity index is 2.56. The van der Waals surface area contributed by atoms with Gasteiger partial charge in [-0.25, -0.2) is 0 Å². The summed E-state index contributed by atoms with van der Waals surface area (Å²) in [5, 5.41) is -0.353. The molecule has 0 N–H and O–H groups in total. The van der Waals surface area contributed by atoms with Crippen LogP contribution in [0.2, 0.25) is 19.1 Å². The Morgan fingerprint density at radius 1 is 1.50 bits per heavy atom. The summed E-state index contributed by atoms with van der Waals surface area (Å²) >= 11 is 6.07. The van der Waals surface area contributed by atoms with Gasteiger partial charge in [0.05, 0.1) is 0 Å². The normalized spacial score (nSPS) is 39.6. The molecule has 0 aromatic heterocycles. The quantitative estimate of drug-likeness (QED) is 0.410. The first-order valence-electron chi connectivity index (χ1n) is 3.80. The van der Waals surface area contributed by atoms with Crippen LogP contribution in [0.1, 0.15) is 19.8 Å². The van der Waals surface area contributed by atoms with E-state index in [0.717, 1.165) is 6.42 Å². The molecule has 0 spiro atoms. The SMILES string of the molecule is CC1(Cl)CCC[Si](C)(C)O1. The molecule has 0 aliphatic carbocycles. The highest BCUT2D eigenvalue weighted by atomic mass is 35.5. The van der Waals surface area contributed by atoms with E-state index >= 15 is 0 Å². The molecule has 0 radical (unpaired) electrons. The minimum atomic E-state index is -1.36. The van der Waals surface area contributed by atoms with Gasteiger partial charge in [0.25, 0.3) is 0 Å². The molecule has 1 saturated heterocycles. The van der Waals surface area contributed by atoms with Crippen LogP contribution in [-0.4, -0.2) is 13.4 Å². The van der Waals surface area contributed by atoms with Crippen molar-refractivity contribution < 1.29 is 4.43 Å². The van der Waals surface area contributed by atoms with E-state index in [-0.39, 0.29) is 5.06 Å². The molecule has 0 amide bonds. The summed E-state index contributed by atoms with van der Waals surface area (Å²) < 4.78 is 5.77. The topological polar surface area (TPSA) is 9.23 Å². The van der Waals surface area contributed by atoms with E-state index in [1.54, 1.807) is 0 Å². The Kier molecular flexibility index (Phi) is 2.14. The third-order valence-corrected chi connectivity index (χ3v) is 4.85. The molecular weight excluding hydrogens is 164 g/mol. The van der Waals surface area contributed by atoms with Crippen LogP contribution in [0.3, 0.4) is 0 Å². The highest BCUT2D eigenvalue weighted by Gasteiger charge is 2.36. The van der Waals surface area contributed by atoms with Crippen molar-refractivity contribution in [3.8, 4) is 0 Å². The molecule has 3 heteroatoms. The van der Waals surface area contributed by atoms with Crippen LogP contribution in [0.5, 0.6) is 0 Å². The van der Waals surface area contributed by atoms with Gasteiger partial charge in [-0.15, -0.1) is 0 Å². The van der Waals surface area contributed by atoms with Crippen molar-refractivity contribution in [3.63, 3.8) is 0 Å². The molecule has 60 valence electrons. The zero-order valence-corrected chi connectivity index (χ0v) is 8.66. The Bertz CT molecular complexity index is 120. The Morgan fingerprint density at radius 2 is 2.10 bits per heavy atom. The van der Waals surface area contributed by atoms with Crippen LogP contribution in [-0.2, 0) is 4.43 Å². The standard InChI is InChI=1S/C7H15ClOSi/c1-7(8)5-4-6-10(2,3)9-7/h4-6H2,1-3H3. The third-order valence-electron chi connectivity index (χ3n) is 1.89. The Hall–Kier alpha value is 0.467. The first-order chi connectivity index (χ1) is 4.41. The molecule has 1 atom stereocenters. The summed E-state index contributed by atoms with van der Waals surface area (Å²) in [6.07, 6.45) is 2.24. The maximum absolute atomic E-state index is 6.07. The van der Waals surface area contributed by atoms with Gasteiger partial charge >= 0.3 is 0 Å². The number of halogens is 1. The van der Waals surface area contributed by atoms with Crippen LogP contribution in [0.25, 0.3) is 0 Å². The molecule has 1 aliphatic heterocycles. The van der Waals surface area contributed by atoms with Crippen molar-refractivity contribution in [2.24, 2.45) is 0 Å². The third kappa shape index (κ3) is 2.26. The van der Waals surface area contributed by atoms with Crippen LogP contribution in [0.15, 0.2) is 0 Å². The molecule has 0 aromatic rings. The highest BCUT2D eigenvalue weighted by molar-refractivity contribution is 6.71. The smallest absolute Gasteiger partial charge is 0.189 e. The lowest BCUT2D eigenvalue weighted by molar-refractivity contribution is 0.137. The van der Waals surface area contributed by atoms with E-state index in [4.69, 9.17) is 16.0 Å². The van der Waals surface area contributed by atoms with Crippen LogP contribution in [0.4, 0.5) is 0 Å². The summed E-state index contributed by atoms with van der Waals surface area (Å²) in [6, 6.07) is 1.26. The van der Waals surface area contributed by atoms with Crippen LogP contribution >= 0.6 is 11.6 Å². The average Bonchev–Trinajstić information content (AvgIpc) is 1.56. The monoisotopic (exact) mass is 178 g/mol. The lowest BCUT2D eigenvalue weighted by Gasteiger charge is -2.38. The van der Waals surface area contributed by atoms with Gasteiger partial charge in [-0.2, -0.15) is 0 Å². The zero-order valence-electron chi connectivity index (χ0n) is 6.91. The van der Waals surface area contributed by atoms with E-state index in [2.05, 4.69) is 13.1 Å². The van der Waals surface area contributed by atoms with Gasteiger partial charge in [0.2, 0.25) is 0 Å². The van der Waals surface area contributed by atoms with Crippen molar-refractivity contribution in [2.45, 2.75) is 44.0 Å². The molecule has 1 rings (SSSR count). The van der Waals surface area contributed by atoms with Crippen molar-refractivity contribution >= 4 is 19.9 Å². The van der Waals surface area contributed by atoms with Gasteiger partial charge < -0.3 is 4.43 Å². The van der Waals surface area contributed by atoms with Gasteiger partial charge in [0.15, 0.2) is 8.32 Å². The predicted octanol–water partition coefficient (Wildman–Crippen LogP) is 2.96. The van der Waals surface area contributed by atoms with Crippen molar-refractivity contribution in [1.82, 2.24) is 0 Å². The fraction of sp³-hybridized carbons (Fsp3) is 1.00. The molecule has 0 saturated carbocycles. The number of alkyl halides is 1. The second-order valence-corrected chi connectivity index (χ2v) is 8.84. The van der Waals surface area contributed by atoms with E-state index in [1.807, 2.05) is 6.92 Å². The van der Waals surface area contributed by atoms with Crippen molar-refractivity contribution in [1.29, 1.82) is 0 Å². The van der Waals surface area contributed by atoms with Gasteiger partial charge in [-0.3, -0.25) is 0 Å². The van der Waals surface area contributed by atoms with Gasteiger partial charge in [-0.1, -0.05) is 11.6 Å².